The minimum absolute atomic E-state index is 0.108. The lowest BCUT2D eigenvalue weighted by molar-refractivity contribution is -0.122. The lowest BCUT2D eigenvalue weighted by Gasteiger charge is -2.27. The highest BCUT2D eigenvalue weighted by atomic mass is 35.5. The highest BCUT2D eigenvalue weighted by molar-refractivity contribution is 7.98. The van der Waals surface area contributed by atoms with Crippen LogP contribution in [0.1, 0.15) is 42.7 Å². The fraction of sp³-hybridized carbons (Fsp3) is 0.320. The van der Waals surface area contributed by atoms with Gasteiger partial charge in [0, 0.05) is 34.0 Å². The standard InChI is InChI=1S/C25H28ClN3O2S/c1-17-20(23(31)28-24(27-17)32-16-18-9-5-4-6-10-18)13-14-22(30)29-25(2,3)15-19-11-7-8-12-21(19)26/h4-12H,13-16H2,1-3H3,(H,29,30)(H,27,28,31). The molecule has 0 aliphatic rings. The Labute approximate surface area is 198 Å². The van der Waals surface area contributed by atoms with E-state index in [1.54, 1.807) is 0 Å². The van der Waals surface area contributed by atoms with Crippen molar-refractivity contribution in [2.75, 3.05) is 0 Å². The molecular formula is C25H28ClN3O2S. The van der Waals surface area contributed by atoms with Crippen LogP contribution in [0.15, 0.2) is 64.5 Å². The van der Waals surface area contributed by atoms with E-state index in [0.29, 0.717) is 34.3 Å². The normalized spacial score (nSPS) is 11.4. The monoisotopic (exact) mass is 469 g/mol. The van der Waals surface area contributed by atoms with Crippen LogP contribution < -0.4 is 10.9 Å². The van der Waals surface area contributed by atoms with E-state index in [2.05, 4.69) is 15.3 Å². The number of benzene rings is 2. The number of hydrogen-bond donors (Lipinski definition) is 2. The third-order valence-electron chi connectivity index (χ3n) is 5.09. The lowest BCUT2D eigenvalue weighted by atomic mass is 9.94. The number of H-pyrrole nitrogens is 1. The fourth-order valence-electron chi connectivity index (χ4n) is 3.51. The Balaban J connectivity index is 1.57. The van der Waals surface area contributed by atoms with E-state index in [-0.39, 0.29) is 17.9 Å². The van der Waals surface area contributed by atoms with Crippen LogP contribution in [0.3, 0.4) is 0 Å². The summed E-state index contributed by atoms with van der Waals surface area (Å²) in [6.45, 7) is 5.75. The maximum atomic E-state index is 12.6. The summed E-state index contributed by atoms with van der Waals surface area (Å²) >= 11 is 7.74. The molecule has 168 valence electrons. The van der Waals surface area contributed by atoms with Crippen molar-refractivity contribution in [1.82, 2.24) is 15.3 Å². The van der Waals surface area contributed by atoms with Gasteiger partial charge >= 0.3 is 0 Å². The van der Waals surface area contributed by atoms with Crippen molar-refractivity contribution in [3.05, 3.63) is 92.4 Å². The lowest BCUT2D eigenvalue weighted by Crippen LogP contribution is -2.45. The molecule has 3 aromatic rings. The maximum Gasteiger partial charge on any atom is 0.254 e. The largest absolute Gasteiger partial charge is 0.351 e. The first-order valence-corrected chi connectivity index (χ1v) is 11.9. The molecule has 7 heteroatoms. The third kappa shape index (κ3) is 6.97. The Bertz CT molecular complexity index is 1130. The number of aromatic nitrogens is 2. The van der Waals surface area contributed by atoms with E-state index in [0.717, 1.165) is 16.9 Å². The molecule has 5 nitrogen and oxygen atoms in total. The Kier molecular flexibility index (Phi) is 8.15. The van der Waals surface area contributed by atoms with Gasteiger partial charge in [-0.1, -0.05) is 71.9 Å². The SMILES string of the molecule is Cc1nc(SCc2ccccc2)[nH]c(=O)c1CCC(=O)NC(C)(C)Cc1ccccc1Cl. The minimum atomic E-state index is -0.459. The summed E-state index contributed by atoms with van der Waals surface area (Å²) < 4.78 is 0. The Morgan fingerprint density at radius 3 is 2.50 bits per heavy atom. The van der Waals surface area contributed by atoms with E-state index < -0.39 is 5.54 Å². The van der Waals surface area contributed by atoms with Gasteiger partial charge in [-0.2, -0.15) is 0 Å². The van der Waals surface area contributed by atoms with Crippen molar-refractivity contribution in [3.8, 4) is 0 Å². The van der Waals surface area contributed by atoms with Crippen molar-refractivity contribution in [2.45, 2.75) is 56.5 Å². The summed E-state index contributed by atoms with van der Waals surface area (Å²) in [6, 6.07) is 17.7. The second-order valence-corrected chi connectivity index (χ2v) is 9.78. The molecule has 2 N–H and O–H groups in total. The predicted octanol–water partition coefficient (Wildman–Crippen LogP) is 5.09. The van der Waals surface area contributed by atoms with Crippen molar-refractivity contribution in [2.24, 2.45) is 0 Å². The third-order valence-corrected chi connectivity index (χ3v) is 6.40. The number of aryl methyl sites for hydroxylation is 1. The topological polar surface area (TPSA) is 74.8 Å². The van der Waals surface area contributed by atoms with Gasteiger partial charge in [-0.3, -0.25) is 9.59 Å². The molecule has 0 fully saturated rings. The summed E-state index contributed by atoms with van der Waals surface area (Å²) in [6.07, 6.45) is 1.17. The number of nitrogens with one attached hydrogen (secondary N) is 2. The van der Waals surface area contributed by atoms with Crippen LogP contribution in [0.25, 0.3) is 0 Å². The molecule has 0 bridgehead atoms. The maximum absolute atomic E-state index is 12.6. The number of aromatic amines is 1. The second-order valence-electron chi connectivity index (χ2n) is 8.41. The Hall–Kier alpha value is -2.57. The molecule has 3 rings (SSSR count). The molecule has 0 unspecified atom stereocenters. The molecule has 0 saturated carbocycles. The molecular weight excluding hydrogens is 442 g/mol. The molecule has 0 radical (unpaired) electrons. The van der Waals surface area contributed by atoms with Crippen molar-refractivity contribution in [1.29, 1.82) is 0 Å². The van der Waals surface area contributed by atoms with Gasteiger partial charge in [0.05, 0.1) is 0 Å². The van der Waals surface area contributed by atoms with Crippen molar-refractivity contribution >= 4 is 29.3 Å². The molecule has 0 spiro atoms. The van der Waals surface area contributed by atoms with Gasteiger partial charge < -0.3 is 10.3 Å². The zero-order valence-electron chi connectivity index (χ0n) is 18.6. The Morgan fingerprint density at radius 1 is 1.12 bits per heavy atom. The number of halogens is 1. The van der Waals surface area contributed by atoms with Crippen LogP contribution in [0.2, 0.25) is 5.02 Å². The molecule has 2 aromatic carbocycles. The summed E-state index contributed by atoms with van der Waals surface area (Å²) in [5.74, 6) is 0.620. The number of amides is 1. The van der Waals surface area contributed by atoms with Crippen LogP contribution >= 0.6 is 23.4 Å². The van der Waals surface area contributed by atoms with Crippen LogP contribution in [0.5, 0.6) is 0 Å². The van der Waals surface area contributed by atoms with Gasteiger partial charge in [0.15, 0.2) is 5.16 Å². The zero-order chi connectivity index (χ0) is 23.1. The molecule has 32 heavy (non-hydrogen) atoms. The molecule has 0 saturated heterocycles. The van der Waals surface area contributed by atoms with E-state index in [9.17, 15) is 9.59 Å². The molecule has 1 aromatic heterocycles. The number of thioether (sulfide) groups is 1. The number of nitrogens with zero attached hydrogens (tertiary/aromatic N) is 1. The van der Waals surface area contributed by atoms with Crippen LogP contribution in [0.4, 0.5) is 0 Å². The average Bonchev–Trinajstić information content (AvgIpc) is 2.73. The first-order valence-electron chi connectivity index (χ1n) is 10.5. The molecule has 0 atom stereocenters. The summed E-state index contributed by atoms with van der Waals surface area (Å²) in [7, 11) is 0. The van der Waals surface area contributed by atoms with Crippen molar-refractivity contribution in [3.63, 3.8) is 0 Å². The fourth-order valence-corrected chi connectivity index (χ4v) is 4.58. The second kappa shape index (κ2) is 10.8. The van der Waals surface area contributed by atoms with Gasteiger partial charge in [-0.05, 0) is 50.8 Å². The Morgan fingerprint density at radius 2 is 1.81 bits per heavy atom. The van der Waals surface area contributed by atoms with Crippen LogP contribution in [-0.4, -0.2) is 21.4 Å². The van der Waals surface area contributed by atoms with E-state index in [1.165, 1.54) is 11.8 Å². The first kappa shape index (κ1) is 24.1. The van der Waals surface area contributed by atoms with E-state index >= 15 is 0 Å². The van der Waals surface area contributed by atoms with Gasteiger partial charge in [0.25, 0.3) is 5.56 Å². The highest BCUT2D eigenvalue weighted by Crippen LogP contribution is 2.21. The highest BCUT2D eigenvalue weighted by Gasteiger charge is 2.22. The summed E-state index contributed by atoms with van der Waals surface area (Å²) in [4.78, 5) is 32.5. The number of carbonyl (C=O) groups is 1. The predicted molar refractivity (Wildman–Crippen MR) is 131 cm³/mol. The van der Waals surface area contributed by atoms with Crippen LogP contribution in [0, 0.1) is 6.92 Å². The van der Waals surface area contributed by atoms with Gasteiger partial charge in [0.1, 0.15) is 0 Å². The zero-order valence-corrected chi connectivity index (χ0v) is 20.1. The quantitative estimate of drug-likeness (QED) is 0.338. The summed E-state index contributed by atoms with van der Waals surface area (Å²) in [5, 5.41) is 4.33. The molecule has 0 aliphatic heterocycles. The molecule has 0 aliphatic carbocycles. The number of carbonyl (C=O) groups excluding carboxylic acids is 1. The molecule has 1 amide bonds. The average molecular weight is 470 g/mol. The number of hydrogen-bond acceptors (Lipinski definition) is 4. The van der Waals surface area contributed by atoms with Gasteiger partial charge in [0.2, 0.25) is 5.91 Å². The van der Waals surface area contributed by atoms with E-state index in [1.807, 2.05) is 75.4 Å². The van der Waals surface area contributed by atoms with Gasteiger partial charge in [-0.15, -0.1) is 0 Å². The molecule has 1 heterocycles. The number of rotatable bonds is 9. The van der Waals surface area contributed by atoms with Crippen LogP contribution in [-0.2, 0) is 23.4 Å². The summed E-state index contributed by atoms with van der Waals surface area (Å²) in [5.41, 5.74) is 2.72. The first-order chi connectivity index (χ1) is 15.2. The van der Waals surface area contributed by atoms with Crippen molar-refractivity contribution < 1.29 is 4.79 Å². The smallest absolute Gasteiger partial charge is 0.254 e. The minimum Gasteiger partial charge on any atom is -0.351 e. The van der Waals surface area contributed by atoms with E-state index in [4.69, 9.17) is 11.6 Å². The van der Waals surface area contributed by atoms with Gasteiger partial charge in [-0.25, -0.2) is 4.98 Å².